The van der Waals surface area contributed by atoms with E-state index in [0.717, 1.165) is 0 Å². The van der Waals surface area contributed by atoms with Gasteiger partial charge in [0.05, 0.1) is 17.8 Å². The van der Waals surface area contributed by atoms with E-state index in [1.165, 1.54) is 36.5 Å². The number of hydrogen-bond donors (Lipinski definition) is 1. The van der Waals surface area contributed by atoms with Crippen LogP contribution in [0.1, 0.15) is 34.5 Å². The number of alkyl halides is 2. The molecular formula is C27H26F3N7O. The predicted molar refractivity (Wildman–Crippen MR) is 140 cm³/mol. The molecule has 1 aromatic carbocycles. The van der Waals surface area contributed by atoms with Crippen molar-refractivity contribution in [3.63, 3.8) is 0 Å². The number of ether oxygens (including phenoxy) is 1. The summed E-state index contributed by atoms with van der Waals surface area (Å²) in [4.78, 5) is 18.3. The van der Waals surface area contributed by atoms with Crippen LogP contribution in [0.4, 0.5) is 19.0 Å². The first-order chi connectivity index (χ1) is 18.1. The highest BCUT2D eigenvalue weighted by molar-refractivity contribution is 6.07. The number of pyridine rings is 2. The minimum absolute atomic E-state index is 0.0191. The lowest BCUT2D eigenvalue weighted by Crippen LogP contribution is -2.23. The third-order valence-electron chi connectivity index (χ3n) is 5.26. The van der Waals surface area contributed by atoms with Crippen LogP contribution in [0.25, 0.3) is 0 Å². The third-order valence-corrected chi connectivity index (χ3v) is 5.26. The quantitative estimate of drug-likeness (QED) is 0.235. The van der Waals surface area contributed by atoms with Crippen LogP contribution in [0.15, 0.2) is 77.2 Å². The van der Waals surface area contributed by atoms with Gasteiger partial charge in [-0.25, -0.2) is 23.1 Å². The second-order valence-electron chi connectivity index (χ2n) is 8.24. The minimum atomic E-state index is -2.72. The summed E-state index contributed by atoms with van der Waals surface area (Å²) in [6.45, 7) is 6.02. The molecule has 0 saturated heterocycles. The van der Waals surface area contributed by atoms with Gasteiger partial charge in [-0.15, -0.1) is 0 Å². The fourth-order valence-corrected chi connectivity index (χ4v) is 3.44. The zero-order valence-electron chi connectivity index (χ0n) is 20.9. The van der Waals surface area contributed by atoms with Crippen molar-refractivity contribution in [2.75, 3.05) is 25.1 Å². The predicted octanol–water partition coefficient (Wildman–Crippen LogP) is 4.70. The Bertz CT molecular complexity index is 1360. The Hall–Kier alpha value is -4.72. The summed E-state index contributed by atoms with van der Waals surface area (Å²) in [5.74, 6) is 0.0792. The van der Waals surface area contributed by atoms with Crippen molar-refractivity contribution in [2.45, 2.75) is 19.8 Å². The van der Waals surface area contributed by atoms with Gasteiger partial charge in [-0.3, -0.25) is 4.98 Å². The number of aromatic nitrogens is 2. The lowest BCUT2D eigenvalue weighted by molar-refractivity contribution is 0.146. The van der Waals surface area contributed by atoms with E-state index in [0.29, 0.717) is 40.5 Å². The number of nitrogens with zero attached hydrogens (tertiary/aromatic N) is 6. The number of anilines is 1. The normalized spacial score (nSPS) is 11.8. The second-order valence-corrected chi connectivity index (χ2v) is 8.24. The molecule has 8 nitrogen and oxygen atoms in total. The van der Waals surface area contributed by atoms with Crippen molar-refractivity contribution < 1.29 is 17.9 Å². The van der Waals surface area contributed by atoms with E-state index >= 15 is 0 Å². The zero-order chi connectivity index (χ0) is 27.7. The van der Waals surface area contributed by atoms with Crippen molar-refractivity contribution in [3.05, 3.63) is 101 Å². The van der Waals surface area contributed by atoms with Crippen LogP contribution in [-0.2, 0) is 11.2 Å². The zero-order valence-corrected chi connectivity index (χ0v) is 20.9. The summed E-state index contributed by atoms with van der Waals surface area (Å²) in [5, 5.41) is 8.88. The van der Waals surface area contributed by atoms with Gasteiger partial charge in [0.1, 0.15) is 30.0 Å². The SMILES string of the molecule is C=C(/N=C(N)\N=C(/Cc1cc(C)nc(C(F)F)c1)c1ccc(F)cc1)OCCN(C)c1ccc(C#N)cn1. The van der Waals surface area contributed by atoms with Crippen LogP contribution in [0, 0.1) is 24.1 Å². The van der Waals surface area contributed by atoms with Gasteiger partial charge in [0, 0.05) is 25.4 Å². The molecule has 2 N–H and O–H groups in total. The molecule has 0 aliphatic rings. The molecule has 0 atom stereocenters. The Morgan fingerprint density at radius 1 is 1.18 bits per heavy atom. The third kappa shape index (κ3) is 8.16. The van der Waals surface area contributed by atoms with Gasteiger partial charge in [0.15, 0.2) is 0 Å². The summed E-state index contributed by atoms with van der Waals surface area (Å²) >= 11 is 0. The molecule has 0 fully saturated rings. The first kappa shape index (κ1) is 27.9. The number of likely N-dealkylation sites (N-methyl/N-ethyl adjacent to an activating group) is 1. The van der Waals surface area contributed by atoms with E-state index in [9.17, 15) is 13.2 Å². The van der Waals surface area contributed by atoms with E-state index in [1.54, 1.807) is 25.1 Å². The van der Waals surface area contributed by atoms with Crippen LogP contribution < -0.4 is 10.6 Å². The molecule has 2 heterocycles. The van der Waals surface area contributed by atoms with E-state index in [1.807, 2.05) is 18.0 Å². The Balaban J connectivity index is 1.72. The summed E-state index contributed by atoms with van der Waals surface area (Å²) in [6, 6.07) is 13.9. The van der Waals surface area contributed by atoms with Crippen LogP contribution >= 0.6 is 0 Å². The van der Waals surface area contributed by atoms with Gasteiger partial charge in [0.25, 0.3) is 6.43 Å². The van der Waals surface area contributed by atoms with Gasteiger partial charge in [-0.1, -0.05) is 12.1 Å². The number of benzene rings is 1. The van der Waals surface area contributed by atoms with Gasteiger partial charge in [-0.2, -0.15) is 10.3 Å². The molecule has 3 aromatic rings. The summed E-state index contributed by atoms with van der Waals surface area (Å²) in [5.41, 5.74) is 8.04. The van der Waals surface area contributed by atoms with Crippen molar-refractivity contribution in [1.29, 1.82) is 5.26 Å². The van der Waals surface area contributed by atoms with E-state index < -0.39 is 12.2 Å². The van der Waals surface area contributed by atoms with Crippen LogP contribution in [-0.4, -0.2) is 41.8 Å². The van der Waals surface area contributed by atoms with Gasteiger partial charge < -0.3 is 15.4 Å². The molecule has 38 heavy (non-hydrogen) atoms. The lowest BCUT2D eigenvalue weighted by atomic mass is 10.0. The molecular weight excluding hydrogens is 495 g/mol. The molecule has 11 heteroatoms. The van der Waals surface area contributed by atoms with Gasteiger partial charge >= 0.3 is 0 Å². The minimum Gasteiger partial charge on any atom is -0.476 e. The molecule has 0 aliphatic carbocycles. The van der Waals surface area contributed by atoms with Gasteiger partial charge in [-0.05, 0) is 61.0 Å². The largest absolute Gasteiger partial charge is 0.476 e. The van der Waals surface area contributed by atoms with Crippen molar-refractivity contribution in [3.8, 4) is 6.07 Å². The van der Waals surface area contributed by atoms with E-state index in [-0.39, 0.29) is 30.6 Å². The average molecular weight is 522 g/mol. The Labute approximate surface area is 218 Å². The maximum atomic E-state index is 13.5. The Morgan fingerprint density at radius 2 is 1.92 bits per heavy atom. The second kappa shape index (κ2) is 13.0. The Kier molecular flexibility index (Phi) is 9.54. The lowest BCUT2D eigenvalue weighted by Gasteiger charge is -2.18. The number of nitrogens with two attached hydrogens (primary N) is 1. The number of guanidine groups is 1. The number of nitriles is 1. The van der Waals surface area contributed by atoms with Crippen LogP contribution in [0.3, 0.4) is 0 Å². The number of rotatable bonds is 10. The maximum Gasteiger partial charge on any atom is 0.280 e. The smallest absolute Gasteiger partial charge is 0.280 e. The summed E-state index contributed by atoms with van der Waals surface area (Å²) in [7, 11) is 1.82. The first-order valence-electron chi connectivity index (χ1n) is 11.5. The highest BCUT2D eigenvalue weighted by Gasteiger charge is 2.14. The summed E-state index contributed by atoms with van der Waals surface area (Å²) < 4.78 is 45.5. The highest BCUT2D eigenvalue weighted by Crippen LogP contribution is 2.20. The van der Waals surface area contributed by atoms with E-state index in [4.69, 9.17) is 15.7 Å². The maximum absolute atomic E-state index is 13.5. The molecule has 0 aliphatic heterocycles. The van der Waals surface area contributed by atoms with Crippen molar-refractivity contribution in [1.82, 2.24) is 9.97 Å². The number of halogens is 3. The molecule has 0 spiro atoms. The first-order valence-corrected chi connectivity index (χ1v) is 11.5. The van der Waals surface area contributed by atoms with Crippen molar-refractivity contribution >= 4 is 17.5 Å². The number of aliphatic imine (C=N–C) groups is 2. The molecule has 0 saturated carbocycles. The van der Waals surface area contributed by atoms with Crippen molar-refractivity contribution in [2.24, 2.45) is 15.7 Å². The standard InChI is InChI=1S/C27H26F3N7O/c1-17-12-20(14-24(34-17)26(29)30)13-23(21-5-7-22(28)8-6-21)36-27(32)35-18(2)38-11-10-37(3)25-9-4-19(15-31)16-33-25/h4-9,12,14,16,26H,2,10-11,13H2,1,3H3,(H2,32,35)/b36-23+. The molecule has 0 bridgehead atoms. The van der Waals surface area contributed by atoms with E-state index in [2.05, 4.69) is 26.5 Å². The van der Waals surface area contributed by atoms with Gasteiger partial charge in [0.2, 0.25) is 11.8 Å². The molecule has 3 rings (SSSR count). The molecule has 196 valence electrons. The Morgan fingerprint density at radius 3 is 2.55 bits per heavy atom. The highest BCUT2D eigenvalue weighted by atomic mass is 19.3. The monoisotopic (exact) mass is 521 g/mol. The number of aryl methyl sites for hydroxylation is 1. The van der Waals surface area contributed by atoms with Crippen LogP contribution in [0.2, 0.25) is 0 Å². The molecule has 0 unspecified atom stereocenters. The van der Waals surface area contributed by atoms with Crippen LogP contribution in [0.5, 0.6) is 0 Å². The molecule has 0 radical (unpaired) electrons. The fraction of sp³-hybridized carbons (Fsp3) is 0.222. The fourth-order valence-electron chi connectivity index (χ4n) is 3.44. The summed E-state index contributed by atoms with van der Waals surface area (Å²) in [6.07, 6.45) is -1.12. The molecule has 0 amide bonds. The topological polar surface area (TPSA) is 113 Å². The molecule has 2 aromatic heterocycles. The number of hydrogen-bond acceptors (Lipinski definition) is 6. The average Bonchev–Trinajstić information content (AvgIpc) is 2.88.